The van der Waals surface area contributed by atoms with Crippen molar-refractivity contribution >= 4 is 30.7 Å². The number of halogens is 2. The Bertz CT molecular complexity index is 631. The first kappa shape index (κ1) is 20.4. The molecule has 2 N–H and O–H groups in total. The van der Waals surface area contributed by atoms with Crippen LogP contribution in [0.3, 0.4) is 0 Å². The highest BCUT2D eigenvalue weighted by Gasteiger charge is 2.14. The fourth-order valence-corrected chi connectivity index (χ4v) is 2.81. The lowest BCUT2D eigenvalue weighted by molar-refractivity contribution is 0.0951. The fourth-order valence-electron chi connectivity index (χ4n) is 2.81. The Hall–Kier alpha value is -1.62. The Labute approximate surface area is 155 Å². The van der Waals surface area contributed by atoms with E-state index >= 15 is 0 Å². The van der Waals surface area contributed by atoms with Crippen molar-refractivity contribution < 1.29 is 4.79 Å². The summed E-state index contributed by atoms with van der Waals surface area (Å²) in [4.78, 5) is 16.4. The number of hydrogen-bond donors (Lipinski definition) is 2. The molecule has 1 atom stereocenters. The maximum Gasteiger partial charge on any atom is 0.252 e. The normalized spacial score (nSPS) is 15.9. The van der Waals surface area contributed by atoms with E-state index in [1.165, 1.54) is 6.42 Å². The maximum atomic E-state index is 12.2. The summed E-state index contributed by atoms with van der Waals surface area (Å²) in [6.07, 6.45) is 5.65. The van der Waals surface area contributed by atoms with E-state index < -0.39 is 0 Å². The molecule has 1 aromatic carbocycles. The zero-order valence-corrected chi connectivity index (χ0v) is 15.0. The fraction of sp³-hybridized carbons (Fsp3) is 0.333. The van der Waals surface area contributed by atoms with Crippen LogP contribution in [0.15, 0.2) is 48.8 Å². The van der Waals surface area contributed by atoms with Gasteiger partial charge in [0.2, 0.25) is 0 Å². The zero-order chi connectivity index (χ0) is 15.2. The average Bonchev–Trinajstić information content (AvgIpc) is 3.09. The molecule has 1 saturated heterocycles. The number of amides is 1. The third kappa shape index (κ3) is 5.48. The first-order valence-corrected chi connectivity index (χ1v) is 7.82. The highest BCUT2D eigenvalue weighted by molar-refractivity contribution is 5.95. The Morgan fingerprint density at radius 1 is 1.17 bits per heavy atom. The largest absolute Gasteiger partial charge is 0.352 e. The smallest absolute Gasteiger partial charge is 0.252 e. The first-order chi connectivity index (χ1) is 10.8. The third-order valence-corrected chi connectivity index (χ3v) is 4.11. The summed E-state index contributed by atoms with van der Waals surface area (Å²) in [5.41, 5.74) is 2.65. The van der Waals surface area contributed by atoms with Crippen LogP contribution in [0.2, 0.25) is 0 Å². The van der Waals surface area contributed by atoms with E-state index in [4.69, 9.17) is 0 Å². The number of pyridine rings is 1. The summed E-state index contributed by atoms with van der Waals surface area (Å²) in [7, 11) is 0. The molecule has 1 amide bonds. The SMILES string of the molecule is Cl.Cl.O=C(NCCC1CCNC1)c1cncc(-c2ccccc2)c1. The molecule has 1 aromatic heterocycles. The van der Waals surface area contributed by atoms with Crippen molar-refractivity contribution in [2.24, 2.45) is 5.92 Å². The van der Waals surface area contributed by atoms with Crippen molar-refractivity contribution in [2.45, 2.75) is 12.8 Å². The van der Waals surface area contributed by atoms with Crippen LogP contribution >= 0.6 is 24.8 Å². The lowest BCUT2D eigenvalue weighted by Gasteiger charge is -2.10. The van der Waals surface area contributed by atoms with Gasteiger partial charge in [-0.3, -0.25) is 9.78 Å². The van der Waals surface area contributed by atoms with Crippen molar-refractivity contribution in [3.63, 3.8) is 0 Å². The summed E-state index contributed by atoms with van der Waals surface area (Å²) in [6.45, 7) is 2.89. The van der Waals surface area contributed by atoms with E-state index in [-0.39, 0.29) is 30.7 Å². The van der Waals surface area contributed by atoms with Gasteiger partial charge in [0.15, 0.2) is 0 Å². The lowest BCUT2D eigenvalue weighted by Crippen LogP contribution is -2.26. The summed E-state index contributed by atoms with van der Waals surface area (Å²) in [5, 5.41) is 6.34. The van der Waals surface area contributed by atoms with Crippen molar-refractivity contribution in [1.29, 1.82) is 0 Å². The Balaban J connectivity index is 0.00000144. The summed E-state index contributed by atoms with van der Waals surface area (Å²) in [5.74, 6) is 0.644. The number of hydrogen-bond acceptors (Lipinski definition) is 3. The molecule has 130 valence electrons. The molecular weight excluding hydrogens is 345 g/mol. The quantitative estimate of drug-likeness (QED) is 0.851. The van der Waals surface area contributed by atoms with E-state index in [1.54, 1.807) is 12.4 Å². The van der Waals surface area contributed by atoms with Gasteiger partial charge in [-0.25, -0.2) is 0 Å². The average molecular weight is 368 g/mol. The van der Waals surface area contributed by atoms with Gasteiger partial charge in [-0.15, -0.1) is 24.8 Å². The Morgan fingerprint density at radius 2 is 1.96 bits per heavy atom. The lowest BCUT2D eigenvalue weighted by atomic mass is 10.0. The van der Waals surface area contributed by atoms with Crippen molar-refractivity contribution in [3.05, 3.63) is 54.4 Å². The number of carbonyl (C=O) groups is 1. The van der Waals surface area contributed by atoms with Gasteiger partial charge in [0.1, 0.15) is 0 Å². The van der Waals surface area contributed by atoms with Gasteiger partial charge in [0.25, 0.3) is 5.91 Å². The van der Waals surface area contributed by atoms with Crippen molar-refractivity contribution in [3.8, 4) is 11.1 Å². The van der Waals surface area contributed by atoms with Crippen LogP contribution in [0, 0.1) is 5.92 Å². The van der Waals surface area contributed by atoms with Gasteiger partial charge in [-0.1, -0.05) is 30.3 Å². The molecule has 2 heterocycles. The third-order valence-electron chi connectivity index (χ3n) is 4.11. The molecular formula is C18H23Cl2N3O. The van der Waals surface area contributed by atoms with E-state index in [0.29, 0.717) is 11.5 Å². The molecule has 1 aliphatic heterocycles. The highest BCUT2D eigenvalue weighted by atomic mass is 35.5. The first-order valence-electron chi connectivity index (χ1n) is 7.82. The molecule has 1 fully saturated rings. The van der Waals surface area contributed by atoms with Gasteiger partial charge in [-0.2, -0.15) is 0 Å². The number of aromatic nitrogens is 1. The van der Waals surface area contributed by atoms with E-state index in [2.05, 4.69) is 15.6 Å². The van der Waals surface area contributed by atoms with Gasteiger partial charge in [0.05, 0.1) is 5.56 Å². The minimum absolute atomic E-state index is 0. The predicted molar refractivity (Wildman–Crippen MR) is 102 cm³/mol. The van der Waals surface area contributed by atoms with E-state index in [1.807, 2.05) is 36.4 Å². The van der Waals surface area contributed by atoms with Gasteiger partial charge < -0.3 is 10.6 Å². The summed E-state index contributed by atoms with van der Waals surface area (Å²) in [6, 6.07) is 11.9. The topological polar surface area (TPSA) is 54.0 Å². The van der Waals surface area contributed by atoms with Crippen molar-refractivity contribution in [1.82, 2.24) is 15.6 Å². The number of rotatable bonds is 5. The molecule has 0 spiro atoms. The molecule has 0 aliphatic carbocycles. The monoisotopic (exact) mass is 367 g/mol. The van der Waals surface area contributed by atoms with Gasteiger partial charge in [0, 0.05) is 24.5 Å². The second kappa shape index (κ2) is 10.3. The highest BCUT2D eigenvalue weighted by Crippen LogP contribution is 2.18. The number of carbonyl (C=O) groups excluding carboxylic acids is 1. The summed E-state index contributed by atoms with van der Waals surface area (Å²) >= 11 is 0. The molecule has 6 heteroatoms. The molecule has 2 aromatic rings. The molecule has 0 saturated carbocycles. The minimum atomic E-state index is -0.0452. The maximum absolute atomic E-state index is 12.2. The number of nitrogens with zero attached hydrogens (tertiary/aromatic N) is 1. The molecule has 1 unspecified atom stereocenters. The van der Waals surface area contributed by atoms with Gasteiger partial charge in [-0.05, 0) is 43.5 Å². The molecule has 4 nitrogen and oxygen atoms in total. The predicted octanol–water partition coefficient (Wildman–Crippen LogP) is 3.32. The van der Waals surface area contributed by atoms with Crippen LogP contribution in [-0.2, 0) is 0 Å². The number of nitrogens with one attached hydrogen (secondary N) is 2. The van der Waals surface area contributed by atoms with Gasteiger partial charge >= 0.3 is 0 Å². The minimum Gasteiger partial charge on any atom is -0.352 e. The second-order valence-corrected chi connectivity index (χ2v) is 5.73. The van der Waals surface area contributed by atoms with Crippen LogP contribution in [0.25, 0.3) is 11.1 Å². The molecule has 0 radical (unpaired) electrons. The second-order valence-electron chi connectivity index (χ2n) is 5.73. The van der Waals surface area contributed by atoms with Crippen molar-refractivity contribution in [2.75, 3.05) is 19.6 Å². The van der Waals surface area contributed by atoms with E-state index in [9.17, 15) is 4.79 Å². The molecule has 24 heavy (non-hydrogen) atoms. The Kier molecular flexibility index (Phi) is 8.76. The number of benzene rings is 1. The summed E-state index contributed by atoms with van der Waals surface area (Å²) < 4.78 is 0. The van der Waals surface area contributed by atoms with Crippen LogP contribution in [0.5, 0.6) is 0 Å². The Morgan fingerprint density at radius 3 is 2.67 bits per heavy atom. The molecule has 3 rings (SSSR count). The standard InChI is InChI=1S/C18H21N3O.2ClH/c22-18(21-9-7-14-6-8-19-11-14)17-10-16(12-20-13-17)15-4-2-1-3-5-15;;/h1-5,10,12-14,19H,6-9,11H2,(H,21,22);2*1H. The molecule has 0 bridgehead atoms. The molecule has 1 aliphatic rings. The van der Waals surface area contributed by atoms with Crippen LogP contribution in [0.4, 0.5) is 0 Å². The zero-order valence-electron chi connectivity index (χ0n) is 13.4. The van der Waals surface area contributed by atoms with Crippen LogP contribution < -0.4 is 10.6 Å². The van der Waals surface area contributed by atoms with E-state index in [0.717, 1.165) is 37.2 Å². The van der Waals surface area contributed by atoms with Crippen LogP contribution in [-0.4, -0.2) is 30.5 Å². The van der Waals surface area contributed by atoms with Crippen LogP contribution in [0.1, 0.15) is 23.2 Å².